The molecule has 1 heterocycles. The third-order valence-electron chi connectivity index (χ3n) is 2.39. The van der Waals surface area contributed by atoms with Crippen LogP contribution in [0.3, 0.4) is 0 Å². The SMILES string of the molecule is CCNC(C)(CO)CCSc1nnc(SC)s1. The second-order valence-electron chi connectivity index (χ2n) is 3.89. The minimum Gasteiger partial charge on any atom is -0.394 e. The fraction of sp³-hybridized carbons (Fsp3) is 0.800. The summed E-state index contributed by atoms with van der Waals surface area (Å²) in [4.78, 5) is 0. The molecule has 0 amide bonds. The van der Waals surface area contributed by atoms with Gasteiger partial charge in [-0.3, -0.25) is 0 Å². The molecule has 0 fully saturated rings. The number of likely N-dealkylation sites (N-methyl/N-ethyl adjacent to an activating group) is 1. The van der Waals surface area contributed by atoms with Crippen molar-refractivity contribution in [1.29, 1.82) is 0 Å². The average molecular weight is 293 g/mol. The maximum Gasteiger partial charge on any atom is 0.175 e. The molecule has 1 aromatic heterocycles. The van der Waals surface area contributed by atoms with Crippen molar-refractivity contribution in [2.24, 2.45) is 0 Å². The second-order valence-corrected chi connectivity index (χ2v) is 7.26. The van der Waals surface area contributed by atoms with Crippen molar-refractivity contribution in [2.45, 2.75) is 34.5 Å². The molecule has 1 aromatic rings. The molecule has 0 aliphatic heterocycles. The zero-order chi connectivity index (χ0) is 12.7. The Labute approximate surface area is 115 Å². The van der Waals surface area contributed by atoms with Crippen LogP contribution in [0.4, 0.5) is 0 Å². The molecule has 7 heteroatoms. The lowest BCUT2D eigenvalue weighted by molar-refractivity contribution is 0.173. The first kappa shape index (κ1) is 15.2. The van der Waals surface area contributed by atoms with Crippen molar-refractivity contribution < 1.29 is 5.11 Å². The average Bonchev–Trinajstić information content (AvgIpc) is 2.77. The zero-order valence-corrected chi connectivity index (χ0v) is 12.8. The predicted octanol–water partition coefficient (Wildman–Crippen LogP) is 2.10. The quantitative estimate of drug-likeness (QED) is 0.716. The normalized spacial score (nSPS) is 14.8. The molecule has 0 aliphatic carbocycles. The van der Waals surface area contributed by atoms with Gasteiger partial charge in [0.1, 0.15) is 0 Å². The number of thioether (sulfide) groups is 2. The Morgan fingerprint density at radius 2 is 2.12 bits per heavy atom. The highest BCUT2D eigenvalue weighted by atomic mass is 32.2. The molecule has 0 radical (unpaired) electrons. The van der Waals surface area contributed by atoms with Gasteiger partial charge in [0.15, 0.2) is 8.68 Å². The summed E-state index contributed by atoms with van der Waals surface area (Å²) in [6, 6.07) is 0. The monoisotopic (exact) mass is 293 g/mol. The number of aromatic nitrogens is 2. The largest absolute Gasteiger partial charge is 0.394 e. The fourth-order valence-corrected chi connectivity index (χ4v) is 4.06. The van der Waals surface area contributed by atoms with E-state index in [2.05, 4.69) is 22.4 Å². The van der Waals surface area contributed by atoms with E-state index in [1.54, 1.807) is 34.9 Å². The minimum absolute atomic E-state index is 0.160. The highest BCUT2D eigenvalue weighted by Crippen LogP contribution is 2.28. The topological polar surface area (TPSA) is 58.0 Å². The van der Waals surface area contributed by atoms with Crippen LogP contribution in [0.1, 0.15) is 20.3 Å². The molecule has 0 saturated carbocycles. The fourth-order valence-electron chi connectivity index (χ4n) is 1.35. The first-order chi connectivity index (χ1) is 8.13. The third kappa shape index (κ3) is 5.13. The van der Waals surface area contributed by atoms with E-state index in [-0.39, 0.29) is 12.1 Å². The lowest BCUT2D eigenvalue weighted by Gasteiger charge is -2.27. The molecule has 0 aliphatic rings. The van der Waals surface area contributed by atoms with Crippen molar-refractivity contribution in [3.05, 3.63) is 0 Å². The summed E-state index contributed by atoms with van der Waals surface area (Å²) in [7, 11) is 0. The molecule has 98 valence electrons. The van der Waals surface area contributed by atoms with Crippen molar-refractivity contribution >= 4 is 34.9 Å². The van der Waals surface area contributed by atoms with E-state index in [4.69, 9.17) is 0 Å². The molecular formula is C10H19N3OS3. The van der Waals surface area contributed by atoms with Crippen LogP contribution < -0.4 is 5.32 Å². The summed E-state index contributed by atoms with van der Waals surface area (Å²) >= 11 is 4.95. The Hall–Kier alpha value is 0.180. The molecule has 2 N–H and O–H groups in total. The summed E-state index contributed by atoms with van der Waals surface area (Å²) in [6.07, 6.45) is 2.92. The van der Waals surface area contributed by atoms with Crippen LogP contribution in [-0.2, 0) is 0 Å². The van der Waals surface area contributed by atoms with Crippen molar-refractivity contribution in [3.8, 4) is 0 Å². The van der Waals surface area contributed by atoms with Gasteiger partial charge in [0.2, 0.25) is 0 Å². The first-order valence-electron chi connectivity index (χ1n) is 5.49. The lowest BCUT2D eigenvalue weighted by Crippen LogP contribution is -2.46. The van der Waals surface area contributed by atoms with Crippen molar-refractivity contribution in [3.63, 3.8) is 0 Å². The van der Waals surface area contributed by atoms with E-state index in [0.717, 1.165) is 27.4 Å². The van der Waals surface area contributed by atoms with E-state index in [1.807, 2.05) is 13.2 Å². The van der Waals surface area contributed by atoms with Crippen LogP contribution in [0.5, 0.6) is 0 Å². The van der Waals surface area contributed by atoms with Gasteiger partial charge in [-0.1, -0.05) is 41.8 Å². The Balaban J connectivity index is 2.35. The molecule has 4 nitrogen and oxygen atoms in total. The number of aliphatic hydroxyl groups is 1. The van der Waals surface area contributed by atoms with E-state index in [9.17, 15) is 5.11 Å². The van der Waals surface area contributed by atoms with E-state index in [1.165, 1.54) is 0 Å². The number of nitrogens with one attached hydrogen (secondary N) is 1. The summed E-state index contributed by atoms with van der Waals surface area (Å²) in [5.74, 6) is 0.938. The zero-order valence-electron chi connectivity index (χ0n) is 10.4. The molecule has 1 rings (SSSR count). The van der Waals surface area contributed by atoms with Gasteiger partial charge in [0.25, 0.3) is 0 Å². The molecule has 0 aromatic carbocycles. The molecule has 1 unspecified atom stereocenters. The highest BCUT2D eigenvalue weighted by molar-refractivity contribution is 8.02. The van der Waals surface area contributed by atoms with E-state index in [0.29, 0.717) is 0 Å². The van der Waals surface area contributed by atoms with Gasteiger partial charge in [-0.05, 0) is 26.1 Å². The molecular weight excluding hydrogens is 274 g/mol. The first-order valence-corrected chi connectivity index (χ1v) is 8.52. The van der Waals surface area contributed by atoms with Crippen LogP contribution in [0.2, 0.25) is 0 Å². The smallest absolute Gasteiger partial charge is 0.175 e. The number of hydrogen-bond acceptors (Lipinski definition) is 7. The predicted molar refractivity (Wildman–Crippen MR) is 76.2 cm³/mol. The maximum atomic E-state index is 9.36. The number of hydrogen-bond donors (Lipinski definition) is 2. The molecule has 0 saturated heterocycles. The Kier molecular flexibility index (Phi) is 6.79. The molecule has 0 bridgehead atoms. The van der Waals surface area contributed by atoms with Crippen LogP contribution >= 0.6 is 34.9 Å². The van der Waals surface area contributed by atoms with Gasteiger partial charge < -0.3 is 10.4 Å². The summed E-state index contributed by atoms with van der Waals surface area (Å²) in [6.45, 7) is 5.13. The van der Waals surface area contributed by atoms with Gasteiger partial charge in [-0.15, -0.1) is 10.2 Å². The standard InChI is InChI=1S/C10H19N3OS3/c1-4-11-10(2,7-14)5-6-16-9-13-12-8(15-3)17-9/h11,14H,4-7H2,1-3H3. The van der Waals surface area contributed by atoms with Crippen LogP contribution in [0.25, 0.3) is 0 Å². The highest BCUT2D eigenvalue weighted by Gasteiger charge is 2.21. The second kappa shape index (κ2) is 7.58. The maximum absolute atomic E-state index is 9.36. The van der Waals surface area contributed by atoms with E-state index < -0.39 is 0 Å². The Morgan fingerprint density at radius 1 is 1.41 bits per heavy atom. The van der Waals surface area contributed by atoms with Crippen molar-refractivity contribution in [1.82, 2.24) is 15.5 Å². The van der Waals surface area contributed by atoms with Gasteiger partial charge in [-0.2, -0.15) is 0 Å². The lowest BCUT2D eigenvalue weighted by atomic mass is 10.0. The van der Waals surface area contributed by atoms with Gasteiger partial charge in [0, 0.05) is 11.3 Å². The van der Waals surface area contributed by atoms with Crippen LogP contribution in [-0.4, -0.2) is 46.0 Å². The van der Waals surface area contributed by atoms with Crippen molar-refractivity contribution in [2.75, 3.05) is 25.2 Å². The van der Waals surface area contributed by atoms with Crippen LogP contribution in [0, 0.1) is 0 Å². The Bertz CT molecular complexity index is 334. The minimum atomic E-state index is -0.186. The molecule has 1 atom stereocenters. The summed E-state index contributed by atoms with van der Waals surface area (Å²) in [5.41, 5.74) is -0.186. The number of aliphatic hydroxyl groups excluding tert-OH is 1. The van der Waals surface area contributed by atoms with Gasteiger partial charge in [0.05, 0.1) is 6.61 Å². The molecule has 0 spiro atoms. The Morgan fingerprint density at radius 3 is 2.65 bits per heavy atom. The number of rotatable bonds is 8. The van der Waals surface area contributed by atoms with Crippen LogP contribution in [0.15, 0.2) is 8.68 Å². The van der Waals surface area contributed by atoms with E-state index >= 15 is 0 Å². The molecule has 17 heavy (non-hydrogen) atoms. The van der Waals surface area contributed by atoms with Gasteiger partial charge in [-0.25, -0.2) is 0 Å². The summed E-state index contributed by atoms with van der Waals surface area (Å²) in [5, 5.41) is 20.8. The third-order valence-corrected chi connectivity index (χ3v) is 5.43. The number of nitrogens with zero attached hydrogens (tertiary/aromatic N) is 2. The summed E-state index contributed by atoms with van der Waals surface area (Å²) < 4.78 is 2.01. The van der Waals surface area contributed by atoms with Gasteiger partial charge >= 0.3 is 0 Å².